The number of ether oxygens (including phenoxy) is 1. The van der Waals surface area contributed by atoms with E-state index >= 15 is 4.39 Å². The van der Waals surface area contributed by atoms with Crippen molar-refractivity contribution in [3.05, 3.63) is 89.0 Å². The standard InChI is InChI=1S/C29H32ClFN4O2S/c1-20(17-22(37-4)18-21-9-6-5-7-10-21)26-24(30)19-23-28(27(26)31)32-38-29(23)35-15-13-34(14-16-35)25(36)11-8-12-33(2)3/h5-9,11,17-19H,1,10,12-16H2,2-4H3/b11-8+,21-18-,22-17+. The molecule has 0 radical (unpaired) electrons. The molecule has 2 aromatic rings. The Morgan fingerprint density at radius 2 is 2.05 bits per heavy atom. The summed E-state index contributed by atoms with van der Waals surface area (Å²) in [7, 11) is 5.49. The third kappa shape index (κ3) is 6.43. The van der Waals surface area contributed by atoms with Crippen molar-refractivity contribution in [3.63, 3.8) is 0 Å². The Morgan fingerprint density at radius 1 is 1.29 bits per heavy atom. The number of anilines is 1. The Labute approximate surface area is 232 Å². The zero-order valence-electron chi connectivity index (χ0n) is 21.9. The number of piperazine rings is 1. The minimum absolute atomic E-state index is 0.00741. The molecule has 0 unspecified atom stereocenters. The quantitative estimate of drug-likeness (QED) is 0.233. The number of likely N-dealkylation sites (N-methyl/N-ethyl adjacent to an activating group) is 1. The summed E-state index contributed by atoms with van der Waals surface area (Å²) in [5, 5.41) is 1.78. The van der Waals surface area contributed by atoms with Crippen molar-refractivity contribution in [1.82, 2.24) is 14.2 Å². The highest BCUT2D eigenvalue weighted by atomic mass is 35.5. The number of halogens is 2. The summed E-state index contributed by atoms with van der Waals surface area (Å²) in [6.07, 6.45) is 15.9. The summed E-state index contributed by atoms with van der Waals surface area (Å²) >= 11 is 7.85. The van der Waals surface area contributed by atoms with Crippen LogP contribution in [0, 0.1) is 5.82 Å². The molecule has 1 aliphatic carbocycles. The molecule has 1 saturated heterocycles. The van der Waals surface area contributed by atoms with E-state index in [1.807, 2.05) is 54.3 Å². The molecule has 1 aromatic carbocycles. The SMILES string of the molecule is C=C(/C=C(\C=C1\C=CC=CC1)OC)c1c(Cl)cc2c(N3CCN(C(=O)/C=C/CN(C)C)CC3)snc2c1F. The Balaban J connectivity index is 1.52. The highest BCUT2D eigenvalue weighted by Gasteiger charge is 2.25. The first-order valence-electron chi connectivity index (χ1n) is 12.4. The maximum absolute atomic E-state index is 15.7. The average molecular weight is 555 g/mol. The van der Waals surface area contributed by atoms with E-state index in [9.17, 15) is 4.79 Å². The lowest BCUT2D eigenvalue weighted by Crippen LogP contribution is -2.48. The van der Waals surface area contributed by atoms with E-state index < -0.39 is 5.82 Å². The van der Waals surface area contributed by atoms with E-state index in [1.54, 1.807) is 25.3 Å². The van der Waals surface area contributed by atoms with E-state index in [4.69, 9.17) is 16.3 Å². The molecule has 1 amide bonds. The Kier molecular flexibility index (Phi) is 9.20. The van der Waals surface area contributed by atoms with Crippen LogP contribution >= 0.6 is 23.1 Å². The van der Waals surface area contributed by atoms with Crippen molar-refractivity contribution in [2.45, 2.75) is 6.42 Å². The predicted molar refractivity (Wildman–Crippen MR) is 156 cm³/mol. The number of benzene rings is 1. The first-order chi connectivity index (χ1) is 18.3. The fourth-order valence-corrected chi connectivity index (χ4v) is 5.57. The van der Waals surface area contributed by atoms with Gasteiger partial charge in [-0.1, -0.05) is 48.6 Å². The smallest absolute Gasteiger partial charge is 0.246 e. The van der Waals surface area contributed by atoms with Gasteiger partial charge in [0.05, 0.1) is 12.1 Å². The van der Waals surface area contributed by atoms with Crippen LogP contribution in [0.3, 0.4) is 0 Å². The molecule has 0 bridgehead atoms. The van der Waals surface area contributed by atoms with Crippen LogP contribution in [0.4, 0.5) is 9.39 Å². The molecule has 0 atom stereocenters. The summed E-state index contributed by atoms with van der Waals surface area (Å²) in [5.74, 6) is 0.0659. The van der Waals surface area contributed by atoms with E-state index in [1.165, 1.54) is 11.5 Å². The fraction of sp³-hybridized carbons (Fsp3) is 0.310. The number of hydrogen-bond acceptors (Lipinski definition) is 6. The monoisotopic (exact) mass is 554 g/mol. The maximum Gasteiger partial charge on any atom is 0.246 e. The lowest BCUT2D eigenvalue weighted by Gasteiger charge is -2.34. The van der Waals surface area contributed by atoms with E-state index in [0.717, 1.165) is 17.0 Å². The van der Waals surface area contributed by atoms with Crippen molar-refractivity contribution in [3.8, 4) is 0 Å². The molecule has 6 nitrogen and oxygen atoms in total. The minimum Gasteiger partial charge on any atom is -0.497 e. The summed E-state index contributed by atoms with van der Waals surface area (Å²) in [6.45, 7) is 7.22. The number of fused-ring (bicyclic) bond motifs is 1. The van der Waals surface area contributed by atoms with Crippen molar-refractivity contribution in [2.75, 3.05) is 58.8 Å². The first kappa shape index (κ1) is 27.8. The van der Waals surface area contributed by atoms with Crippen LogP contribution < -0.4 is 4.90 Å². The molecule has 1 aromatic heterocycles. The van der Waals surface area contributed by atoms with Crippen LogP contribution in [0.1, 0.15) is 12.0 Å². The fourth-order valence-electron chi connectivity index (χ4n) is 4.34. The first-order valence-corrected chi connectivity index (χ1v) is 13.5. The number of hydrogen-bond donors (Lipinski definition) is 0. The molecule has 0 spiro atoms. The van der Waals surface area contributed by atoms with Gasteiger partial charge < -0.3 is 19.4 Å². The molecule has 2 aliphatic rings. The van der Waals surface area contributed by atoms with Gasteiger partial charge in [0.2, 0.25) is 5.91 Å². The van der Waals surface area contributed by atoms with E-state index in [2.05, 4.69) is 21.9 Å². The van der Waals surface area contributed by atoms with Crippen LogP contribution in [-0.2, 0) is 9.53 Å². The van der Waals surface area contributed by atoms with Gasteiger partial charge in [-0.3, -0.25) is 4.79 Å². The van der Waals surface area contributed by atoms with Gasteiger partial charge in [0, 0.05) is 49.7 Å². The minimum atomic E-state index is -0.500. The number of allylic oxidation sites excluding steroid dienone is 8. The van der Waals surface area contributed by atoms with Crippen molar-refractivity contribution in [1.29, 1.82) is 0 Å². The van der Waals surface area contributed by atoms with Crippen LogP contribution in [0.15, 0.2) is 72.6 Å². The van der Waals surface area contributed by atoms with Crippen LogP contribution in [0.5, 0.6) is 0 Å². The van der Waals surface area contributed by atoms with Crippen molar-refractivity contribution < 1.29 is 13.9 Å². The molecule has 1 aliphatic heterocycles. The van der Waals surface area contributed by atoms with Gasteiger partial charge in [-0.15, -0.1) is 0 Å². The molecular weight excluding hydrogens is 523 g/mol. The zero-order valence-corrected chi connectivity index (χ0v) is 23.5. The summed E-state index contributed by atoms with van der Waals surface area (Å²) in [5.41, 5.74) is 1.96. The molecule has 4 rings (SSSR count). The van der Waals surface area contributed by atoms with Crippen LogP contribution in [-0.4, -0.2) is 74.0 Å². The van der Waals surface area contributed by atoms with Gasteiger partial charge in [0.25, 0.3) is 0 Å². The van der Waals surface area contributed by atoms with E-state index in [-0.39, 0.29) is 22.0 Å². The molecule has 0 saturated carbocycles. The van der Waals surface area contributed by atoms with Crippen molar-refractivity contribution >= 4 is 50.5 Å². The second kappa shape index (κ2) is 12.6. The van der Waals surface area contributed by atoms with Gasteiger partial charge in [-0.25, -0.2) is 4.39 Å². The molecule has 2 heterocycles. The number of carbonyl (C=O) groups excluding carboxylic acids is 1. The van der Waals surface area contributed by atoms with Gasteiger partial charge >= 0.3 is 0 Å². The number of carbonyl (C=O) groups is 1. The summed E-state index contributed by atoms with van der Waals surface area (Å²) in [6, 6.07) is 1.76. The molecular formula is C29H32ClFN4O2S. The van der Waals surface area contributed by atoms with Crippen LogP contribution in [0.25, 0.3) is 16.5 Å². The number of aromatic nitrogens is 1. The lowest BCUT2D eigenvalue weighted by molar-refractivity contribution is -0.126. The number of amides is 1. The Bertz CT molecular complexity index is 1360. The predicted octanol–water partition coefficient (Wildman–Crippen LogP) is 5.84. The maximum atomic E-state index is 15.7. The third-order valence-corrected chi connectivity index (χ3v) is 7.59. The third-order valence-electron chi connectivity index (χ3n) is 6.37. The van der Waals surface area contributed by atoms with Crippen LogP contribution in [0.2, 0.25) is 5.02 Å². The Hall–Kier alpha value is -3.20. The molecule has 1 fully saturated rings. The van der Waals surface area contributed by atoms with Gasteiger partial charge in [-0.05, 0) is 61.4 Å². The second-order valence-electron chi connectivity index (χ2n) is 9.39. The molecule has 200 valence electrons. The lowest BCUT2D eigenvalue weighted by atomic mass is 10.0. The normalized spacial score (nSPS) is 17.4. The zero-order chi connectivity index (χ0) is 27.2. The highest BCUT2D eigenvalue weighted by Crippen LogP contribution is 2.39. The van der Waals surface area contributed by atoms with Gasteiger partial charge in [0.15, 0.2) is 5.82 Å². The largest absolute Gasteiger partial charge is 0.497 e. The Morgan fingerprint density at radius 3 is 2.71 bits per heavy atom. The number of rotatable bonds is 8. The van der Waals surface area contributed by atoms with E-state index in [0.29, 0.717) is 49.4 Å². The number of nitrogens with zero attached hydrogens (tertiary/aromatic N) is 4. The van der Waals surface area contributed by atoms with Crippen molar-refractivity contribution in [2.24, 2.45) is 0 Å². The average Bonchev–Trinajstić information content (AvgIpc) is 3.32. The summed E-state index contributed by atoms with van der Waals surface area (Å²) < 4.78 is 25.7. The molecule has 38 heavy (non-hydrogen) atoms. The second-order valence-corrected chi connectivity index (χ2v) is 10.6. The topological polar surface area (TPSA) is 48.9 Å². The molecule has 0 N–H and O–H groups in total. The van der Waals surface area contributed by atoms with Gasteiger partial charge in [0.1, 0.15) is 16.3 Å². The molecule has 9 heteroatoms. The number of methoxy groups -OCH3 is 1. The van der Waals surface area contributed by atoms with Gasteiger partial charge in [-0.2, -0.15) is 4.37 Å². The highest BCUT2D eigenvalue weighted by molar-refractivity contribution is 7.11. The summed E-state index contributed by atoms with van der Waals surface area (Å²) in [4.78, 5) is 18.4.